The Labute approximate surface area is 178 Å². The van der Waals surface area contributed by atoms with Gasteiger partial charge in [-0.05, 0) is 64.8 Å². The van der Waals surface area contributed by atoms with Crippen LogP contribution >= 0.6 is 0 Å². The number of hydrogen-bond donors (Lipinski definition) is 8. The van der Waals surface area contributed by atoms with Crippen LogP contribution in [0.1, 0.15) is 51.4 Å². The van der Waals surface area contributed by atoms with Gasteiger partial charge in [0.05, 0.1) is 0 Å². The standard InChI is InChI=1S/C20H41N3O7/c21-9-3-1-4-10-22-11-5-2-6-12-23-13-7-8-15(25)17(27)19(29)20(30)18(28)16(26)14-24/h17-20,22-24,27-30H,1-14,21H2/t17-,18+,19+,20+/m0/s1. The maximum Gasteiger partial charge on any atom is 0.189 e. The third kappa shape index (κ3) is 13.3. The molecule has 0 amide bonds. The van der Waals surface area contributed by atoms with E-state index in [2.05, 4.69) is 10.6 Å². The lowest BCUT2D eigenvalue weighted by atomic mass is 9.96. The predicted molar refractivity (Wildman–Crippen MR) is 113 cm³/mol. The van der Waals surface area contributed by atoms with Crippen molar-refractivity contribution in [1.29, 1.82) is 0 Å². The lowest BCUT2D eigenvalue weighted by Crippen LogP contribution is -2.50. The monoisotopic (exact) mass is 435 g/mol. The molecule has 0 heterocycles. The molecule has 178 valence electrons. The van der Waals surface area contributed by atoms with Gasteiger partial charge in [0.2, 0.25) is 0 Å². The number of aliphatic hydroxyl groups is 5. The van der Waals surface area contributed by atoms with Crippen molar-refractivity contribution in [3.8, 4) is 0 Å². The van der Waals surface area contributed by atoms with E-state index >= 15 is 0 Å². The van der Waals surface area contributed by atoms with Crippen LogP contribution in [0.5, 0.6) is 0 Å². The Bertz CT molecular complexity index is 454. The van der Waals surface area contributed by atoms with Gasteiger partial charge in [-0.15, -0.1) is 0 Å². The van der Waals surface area contributed by atoms with Gasteiger partial charge in [0.25, 0.3) is 0 Å². The minimum Gasteiger partial charge on any atom is -0.388 e. The van der Waals surface area contributed by atoms with Crippen molar-refractivity contribution >= 4 is 11.6 Å². The number of unbranched alkanes of at least 4 members (excludes halogenated alkanes) is 4. The summed E-state index contributed by atoms with van der Waals surface area (Å²) in [4.78, 5) is 23.0. The van der Waals surface area contributed by atoms with Crippen molar-refractivity contribution in [2.75, 3.05) is 39.3 Å². The molecule has 0 saturated carbocycles. The minimum atomic E-state index is -2.07. The molecule has 9 N–H and O–H groups in total. The number of carbonyl (C=O) groups excluding carboxylic acids is 2. The second kappa shape index (κ2) is 18.8. The smallest absolute Gasteiger partial charge is 0.189 e. The van der Waals surface area contributed by atoms with Crippen LogP contribution in [0.3, 0.4) is 0 Å². The van der Waals surface area contributed by atoms with Crippen molar-refractivity contribution in [2.24, 2.45) is 5.73 Å². The van der Waals surface area contributed by atoms with Gasteiger partial charge in [-0.2, -0.15) is 0 Å². The molecule has 0 rings (SSSR count). The van der Waals surface area contributed by atoms with E-state index in [1.807, 2.05) is 0 Å². The van der Waals surface area contributed by atoms with Gasteiger partial charge in [0, 0.05) is 6.42 Å². The maximum absolute atomic E-state index is 11.9. The Morgan fingerprint density at radius 3 is 1.57 bits per heavy atom. The SMILES string of the molecule is NCCCCCNCCCCCNCCCC(=O)[C@H](O)[C@@H](O)[C@H](O)[C@H](O)C(=O)CO. The Morgan fingerprint density at radius 1 is 0.667 bits per heavy atom. The van der Waals surface area contributed by atoms with Crippen molar-refractivity contribution in [2.45, 2.75) is 75.8 Å². The fraction of sp³-hybridized carbons (Fsp3) is 0.900. The molecule has 0 saturated heterocycles. The van der Waals surface area contributed by atoms with Crippen LogP contribution in [0.2, 0.25) is 0 Å². The Hall–Kier alpha value is -0.980. The van der Waals surface area contributed by atoms with Crippen LogP contribution in [-0.4, -0.2) is 101 Å². The topological polar surface area (TPSA) is 185 Å². The first kappa shape index (κ1) is 29.0. The molecule has 0 aliphatic rings. The molecule has 10 nitrogen and oxygen atoms in total. The van der Waals surface area contributed by atoms with Crippen molar-refractivity contribution in [3.63, 3.8) is 0 Å². The summed E-state index contributed by atoms with van der Waals surface area (Å²) < 4.78 is 0. The molecule has 0 aromatic carbocycles. The summed E-state index contributed by atoms with van der Waals surface area (Å²) in [6.07, 6.45) is -0.995. The third-order valence-electron chi connectivity index (χ3n) is 4.85. The Morgan fingerprint density at radius 2 is 1.10 bits per heavy atom. The summed E-state index contributed by atoms with van der Waals surface area (Å²) >= 11 is 0. The number of nitrogens with one attached hydrogen (secondary N) is 2. The zero-order valence-corrected chi connectivity index (χ0v) is 17.8. The molecule has 0 aliphatic heterocycles. The number of carbonyl (C=O) groups is 2. The molecule has 0 unspecified atom stereocenters. The summed E-state index contributed by atoms with van der Waals surface area (Å²) in [6, 6.07) is 0. The number of ketones is 2. The highest BCUT2D eigenvalue weighted by molar-refractivity contribution is 5.85. The van der Waals surface area contributed by atoms with Crippen molar-refractivity contribution in [3.05, 3.63) is 0 Å². The van der Waals surface area contributed by atoms with Crippen LogP contribution in [0.15, 0.2) is 0 Å². The highest BCUT2D eigenvalue weighted by atomic mass is 16.4. The van der Waals surface area contributed by atoms with Crippen LogP contribution < -0.4 is 16.4 Å². The fourth-order valence-corrected chi connectivity index (χ4v) is 2.88. The first-order valence-electron chi connectivity index (χ1n) is 10.9. The second-order valence-electron chi connectivity index (χ2n) is 7.48. The first-order chi connectivity index (χ1) is 14.4. The average molecular weight is 436 g/mol. The number of nitrogens with two attached hydrogens (primary N) is 1. The molecule has 0 aliphatic carbocycles. The number of hydrogen-bond acceptors (Lipinski definition) is 10. The average Bonchev–Trinajstić information content (AvgIpc) is 2.76. The van der Waals surface area contributed by atoms with E-state index in [1.165, 1.54) is 0 Å². The zero-order chi connectivity index (χ0) is 22.8. The quantitative estimate of drug-likeness (QED) is 0.0921. The van der Waals surface area contributed by atoms with Crippen molar-refractivity contribution in [1.82, 2.24) is 10.6 Å². The third-order valence-corrected chi connectivity index (χ3v) is 4.85. The maximum atomic E-state index is 11.9. The Kier molecular flexibility index (Phi) is 18.1. The second-order valence-corrected chi connectivity index (χ2v) is 7.48. The van der Waals surface area contributed by atoms with Crippen LogP contribution in [0.4, 0.5) is 0 Å². The van der Waals surface area contributed by atoms with Gasteiger partial charge in [-0.1, -0.05) is 12.8 Å². The molecule has 0 radical (unpaired) electrons. The van der Waals surface area contributed by atoms with Gasteiger partial charge in [0.1, 0.15) is 31.0 Å². The fourth-order valence-electron chi connectivity index (χ4n) is 2.88. The van der Waals surface area contributed by atoms with Gasteiger partial charge >= 0.3 is 0 Å². The first-order valence-corrected chi connectivity index (χ1v) is 10.9. The number of Topliss-reactive ketones (excluding diaryl/α,β-unsaturated/α-hetero) is 2. The summed E-state index contributed by atoms with van der Waals surface area (Å²) in [5.74, 6) is -1.80. The van der Waals surface area contributed by atoms with E-state index in [0.29, 0.717) is 13.0 Å². The molecule has 0 aromatic heterocycles. The molecule has 0 bridgehead atoms. The summed E-state index contributed by atoms with van der Waals surface area (Å²) in [7, 11) is 0. The zero-order valence-electron chi connectivity index (χ0n) is 17.8. The lowest BCUT2D eigenvalue weighted by Gasteiger charge is -2.24. The van der Waals surface area contributed by atoms with Gasteiger partial charge in [0.15, 0.2) is 11.6 Å². The Balaban J connectivity index is 3.69. The molecule has 0 spiro atoms. The summed E-state index contributed by atoms with van der Waals surface area (Å²) in [5, 5.41) is 53.9. The lowest BCUT2D eigenvalue weighted by molar-refractivity contribution is -0.154. The molecule has 0 aromatic rings. The number of rotatable bonds is 21. The molecule has 30 heavy (non-hydrogen) atoms. The van der Waals surface area contributed by atoms with Crippen LogP contribution in [0.25, 0.3) is 0 Å². The van der Waals surface area contributed by atoms with E-state index in [-0.39, 0.29) is 6.42 Å². The molecular formula is C20H41N3O7. The van der Waals surface area contributed by atoms with E-state index in [4.69, 9.17) is 10.8 Å². The van der Waals surface area contributed by atoms with Crippen LogP contribution in [0, 0.1) is 0 Å². The molecule has 4 atom stereocenters. The van der Waals surface area contributed by atoms with Crippen LogP contribution in [-0.2, 0) is 9.59 Å². The van der Waals surface area contributed by atoms with E-state index in [9.17, 15) is 30.0 Å². The van der Waals surface area contributed by atoms with E-state index in [0.717, 1.165) is 64.7 Å². The van der Waals surface area contributed by atoms with Gasteiger partial charge in [-0.3, -0.25) is 9.59 Å². The van der Waals surface area contributed by atoms with Crippen molar-refractivity contribution < 1.29 is 35.1 Å². The minimum absolute atomic E-state index is 0.0178. The largest absolute Gasteiger partial charge is 0.388 e. The van der Waals surface area contributed by atoms with E-state index < -0.39 is 42.6 Å². The molecule has 10 heteroatoms. The molecular weight excluding hydrogens is 394 g/mol. The van der Waals surface area contributed by atoms with Gasteiger partial charge in [-0.25, -0.2) is 0 Å². The molecule has 0 fully saturated rings. The number of aliphatic hydroxyl groups excluding tert-OH is 5. The summed E-state index contributed by atoms with van der Waals surface area (Å²) in [6.45, 7) is 3.16. The van der Waals surface area contributed by atoms with E-state index in [1.54, 1.807) is 0 Å². The van der Waals surface area contributed by atoms with Gasteiger partial charge < -0.3 is 41.9 Å². The summed E-state index contributed by atoms with van der Waals surface area (Å²) in [5.41, 5.74) is 5.44. The highest BCUT2D eigenvalue weighted by Crippen LogP contribution is 2.09. The normalized spacial score (nSPS) is 15.5. The highest BCUT2D eigenvalue weighted by Gasteiger charge is 2.36. The predicted octanol–water partition coefficient (Wildman–Crippen LogP) is -2.18.